The van der Waals surface area contributed by atoms with Gasteiger partial charge in [-0.3, -0.25) is 0 Å². The monoisotopic (exact) mass is 924 g/mol. The molecule has 8 heterocycles. The molecule has 16 heteroatoms. The summed E-state index contributed by atoms with van der Waals surface area (Å²) in [6, 6.07) is 18.8. The van der Waals surface area contributed by atoms with Crippen molar-refractivity contribution in [1.82, 2.24) is 0 Å². The van der Waals surface area contributed by atoms with Crippen molar-refractivity contribution in [2.24, 2.45) is 0 Å². The zero-order chi connectivity index (χ0) is 33.0. The maximum atomic E-state index is 2.35. The molecule has 0 fully saturated rings. The SMILES string of the molecule is CSC1=C(SC)SC(=C2SC3=C(SCc4ccc(cc4)CSC4=C(SCc5ccc(cc5)CS3)SC(=C3SC(SC)=C(SC)S3)S4)S2)S1. The maximum absolute atomic E-state index is 2.35. The Morgan fingerprint density at radius 2 is 0.521 bits per heavy atom. The van der Waals surface area contributed by atoms with Gasteiger partial charge >= 0.3 is 0 Å². The molecule has 0 aromatic heterocycles. The van der Waals surface area contributed by atoms with Gasteiger partial charge in [-0.2, -0.15) is 0 Å². The van der Waals surface area contributed by atoms with Gasteiger partial charge in [0.1, 0.15) is 0 Å². The second-order valence-electron chi connectivity index (χ2n) is 9.87. The average Bonchev–Trinajstić information content (AvgIpc) is 3.92. The zero-order valence-corrected chi connectivity index (χ0v) is 39.0. The molecule has 0 N–H and O–H groups in total. The fourth-order valence-corrected chi connectivity index (χ4v) is 26.4. The van der Waals surface area contributed by atoms with Crippen molar-refractivity contribution in [2.75, 3.05) is 25.0 Å². The van der Waals surface area contributed by atoms with Gasteiger partial charge in [0, 0.05) is 23.0 Å². The molecule has 0 unspecified atom stereocenters. The Kier molecular flexibility index (Phi) is 15.2. The Hall–Kier alpha value is 2.48. The molecule has 0 amide bonds. The van der Waals surface area contributed by atoms with Crippen molar-refractivity contribution in [3.05, 3.63) is 122 Å². The van der Waals surface area contributed by atoms with Crippen molar-refractivity contribution in [1.29, 1.82) is 0 Å². The van der Waals surface area contributed by atoms with E-state index in [1.54, 1.807) is 0 Å². The lowest BCUT2D eigenvalue weighted by atomic mass is 10.2. The van der Waals surface area contributed by atoms with Gasteiger partial charge in [-0.15, -0.1) is 94.1 Å². The van der Waals surface area contributed by atoms with Crippen LogP contribution in [0.1, 0.15) is 22.3 Å². The molecule has 0 spiro atoms. The highest BCUT2D eigenvalue weighted by atomic mass is 32.3. The summed E-state index contributed by atoms with van der Waals surface area (Å²) in [4.78, 5) is 0. The Morgan fingerprint density at radius 1 is 0.312 bits per heavy atom. The predicted octanol–water partition coefficient (Wildman–Crippen LogP) is 16.5. The van der Waals surface area contributed by atoms with E-state index in [-0.39, 0.29) is 0 Å². The Bertz CT molecular complexity index is 1500. The number of rotatable bonds is 4. The summed E-state index contributed by atoms with van der Waals surface area (Å²) >= 11 is 31.4. The molecule has 0 radical (unpaired) electrons. The summed E-state index contributed by atoms with van der Waals surface area (Å²) in [5.41, 5.74) is 5.59. The van der Waals surface area contributed by atoms with Gasteiger partial charge in [0.25, 0.3) is 0 Å². The van der Waals surface area contributed by atoms with Crippen LogP contribution in [0.3, 0.4) is 0 Å². The fraction of sp³-hybridized carbons (Fsp3) is 0.250. The highest BCUT2D eigenvalue weighted by molar-refractivity contribution is 8.46. The van der Waals surface area contributed by atoms with Crippen molar-refractivity contribution >= 4 is 188 Å². The Balaban J connectivity index is 1.10. The van der Waals surface area contributed by atoms with Crippen molar-refractivity contribution < 1.29 is 0 Å². The third kappa shape index (κ3) is 9.64. The van der Waals surface area contributed by atoms with E-state index in [9.17, 15) is 0 Å². The lowest BCUT2D eigenvalue weighted by Crippen LogP contribution is -1.87. The molecule has 252 valence electrons. The highest BCUT2D eigenvalue weighted by Crippen LogP contribution is 2.67. The Morgan fingerprint density at radius 3 is 0.729 bits per heavy atom. The molecule has 0 saturated carbocycles. The molecular weight excluding hydrogens is 897 g/mol. The van der Waals surface area contributed by atoms with Crippen LogP contribution < -0.4 is 0 Å². The standard InChI is InChI=1S/C32H28S16/c1-33-21-22(34-2)42-29(41-21)31-45-25-26(46-31)38-14-18-7-11-20(12-8-18)16-40-28-27(39-15-19-9-5-17(6-10-19)13-37-25)47-32(48-28)30-43-23(35-3)24(36-4)44-30/h5-12H,13-16H2,1-4H3. The second kappa shape index (κ2) is 18.9. The molecule has 48 heavy (non-hydrogen) atoms. The van der Waals surface area contributed by atoms with Gasteiger partial charge in [-0.05, 0) is 47.3 Å². The van der Waals surface area contributed by atoms with E-state index in [0.29, 0.717) is 0 Å². The molecule has 8 aliphatic rings. The first-order chi connectivity index (χ1) is 23.5. The largest absolute Gasteiger partial charge is 0.121 e. The average molecular weight is 926 g/mol. The molecule has 4 bridgehead atoms. The first-order valence-corrected chi connectivity index (χ1v) is 29.6. The van der Waals surface area contributed by atoms with Gasteiger partial charge in [0.05, 0.1) is 50.8 Å². The second-order valence-corrected chi connectivity index (χ2v) is 28.3. The molecule has 0 nitrogen and oxygen atoms in total. The zero-order valence-electron chi connectivity index (χ0n) is 26.0. The van der Waals surface area contributed by atoms with Crippen LogP contribution in [0, 0.1) is 0 Å². The van der Waals surface area contributed by atoms with Crippen LogP contribution in [0.4, 0.5) is 0 Å². The lowest BCUT2D eigenvalue weighted by Gasteiger charge is -2.09. The summed E-state index contributed by atoms with van der Waals surface area (Å²) in [6.45, 7) is 0. The molecule has 2 aromatic rings. The Labute approximate surface area is 353 Å². The normalized spacial score (nSPS) is 21.1. The maximum Gasteiger partial charge on any atom is 0.0717 e. The van der Waals surface area contributed by atoms with Crippen LogP contribution >= 0.6 is 188 Å². The smallest absolute Gasteiger partial charge is 0.0717 e. The molecular formula is C32H28S16. The van der Waals surface area contributed by atoms with E-state index in [4.69, 9.17) is 0 Å². The minimum atomic E-state index is 0.997. The first-order valence-electron chi connectivity index (χ1n) is 14.2. The van der Waals surface area contributed by atoms with Crippen LogP contribution in [0.2, 0.25) is 0 Å². The minimum Gasteiger partial charge on any atom is -0.121 e. The van der Waals surface area contributed by atoms with Gasteiger partial charge in [-0.25, -0.2) is 0 Å². The van der Waals surface area contributed by atoms with E-state index in [1.165, 1.54) is 73.1 Å². The van der Waals surface area contributed by atoms with Crippen LogP contribution in [0.25, 0.3) is 0 Å². The topological polar surface area (TPSA) is 0 Å². The summed E-state index contributed by atoms with van der Waals surface area (Å²) in [5, 5.41) is 0. The van der Waals surface area contributed by atoms with Crippen molar-refractivity contribution in [3.8, 4) is 0 Å². The van der Waals surface area contributed by atoms with E-state index in [0.717, 1.165) is 23.0 Å². The minimum absolute atomic E-state index is 0.997. The van der Waals surface area contributed by atoms with Crippen molar-refractivity contribution in [3.63, 3.8) is 0 Å². The molecule has 0 saturated heterocycles. The quantitative estimate of drug-likeness (QED) is 0.285. The summed E-state index contributed by atoms with van der Waals surface area (Å²) in [5.74, 6) is 3.99. The van der Waals surface area contributed by atoms with E-state index < -0.39 is 0 Å². The van der Waals surface area contributed by atoms with Gasteiger partial charge in [0.2, 0.25) is 0 Å². The highest BCUT2D eigenvalue weighted by Gasteiger charge is 2.32. The fourth-order valence-electron chi connectivity index (χ4n) is 4.34. The summed E-state index contributed by atoms with van der Waals surface area (Å²) in [6.07, 6.45) is 8.80. The molecule has 0 atom stereocenters. The van der Waals surface area contributed by atoms with Gasteiger partial charge < -0.3 is 0 Å². The van der Waals surface area contributed by atoms with Crippen LogP contribution in [0.15, 0.2) is 99.4 Å². The van der Waals surface area contributed by atoms with Gasteiger partial charge in [-0.1, -0.05) is 143 Å². The van der Waals surface area contributed by atoms with Gasteiger partial charge in [0.15, 0.2) is 0 Å². The molecule has 10 rings (SSSR count). The van der Waals surface area contributed by atoms with Crippen LogP contribution in [0.5, 0.6) is 0 Å². The predicted molar refractivity (Wildman–Crippen MR) is 255 cm³/mol. The number of hydrogen-bond donors (Lipinski definition) is 0. The summed E-state index contributed by atoms with van der Waals surface area (Å²) < 4.78 is 17.4. The third-order valence-corrected chi connectivity index (χ3v) is 29.6. The third-order valence-electron chi connectivity index (χ3n) is 6.75. The molecule has 8 aliphatic heterocycles. The number of benzene rings is 2. The number of hydrogen-bond acceptors (Lipinski definition) is 16. The molecule has 2 aromatic carbocycles. The lowest BCUT2D eigenvalue weighted by molar-refractivity contribution is 1.35. The first kappa shape index (κ1) is 38.7. The summed E-state index contributed by atoms with van der Waals surface area (Å²) in [7, 11) is 0. The molecule has 0 aliphatic carbocycles. The van der Waals surface area contributed by atoms with E-state index >= 15 is 0 Å². The van der Waals surface area contributed by atoms with Crippen LogP contribution in [-0.2, 0) is 23.0 Å². The van der Waals surface area contributed by atoms with E-state index in [2.05, 4.69) is 73.6 Å². The van der Waals surface area contributed by atoms with Crippen molar-refractivity contribution in [2.45, 2.75) is 23.0 Å². The van der Waals surface area contributed by atoms with Crippen LogP contribution in [-0.4, -0.2) is 25.0 Å². The van der Waals surface area contributed by atoms with E-state index in [1.807, 2.05) is 188 Å². The number of thioether (sulfide) groups is 16.